The highest BCUT2D eigenvalue weighted by Gasteiger charge is 2.24. The van der Waals surface area contributed by atoms with Crippen LogP contribution < -0.4 is 5.32 Å². The average molecular weight is 240 g/mol. The SMILES string of the molecule is Cc1nnc(SCC(C#N)NC2CC2)s1. The fourth-order valence-corrected chi connectivity index (χ4v) is 2.94. The molecule has 1 heterocycles. The Balaban J connectivity index is 1.77. The van der Waals surface area contributed by atoms with Gasteiger partial charge in [-0.2, -0.15) is 5.26 Å². The standard InChI is InChI=1S/C9H12N4S2/c1-6-12-13-9(15-6)14-5-8(4-10)11-7-2-3-7/h7-8,11H,2-3,5H2,1H3. The van der Waals surface area contributed by atoms with Crippen LogP contribution in [0.3, 0.4) is 0 Å². The molecule has 0 amide bonds. The molecule has 1 saturated carbocycles. The van der Waals surface area contributed by atoms with Crippen molar-refractivity contribution in [2.75, 3.05) is 5.75 Å². The molecule has 0 aliphatic heterocycles. The van der Waals surface area contributed by atoms with Crippen LogP contribution in [-0.4, -0.2) is 28.0 Å². The van der Waals surface area contributed by atoms with Crippen molar-refractivity contribution in [3.8, 4) is 6.07 Å². The molecule has 1 aromatic rings. The molecule has 1 aliphatic rings. The van der Waals surface area contributed by atoms with Crippen molar-refractivity contribution in [2.45, 2.75) is 36.2 Å². The lowest BCUT2D eigenvalue weighted by atomic mass is 10.4. The van der Waals surface area contributed by atoms with Crippen LogP contribution in [0.1, 0.15) is 17.8 Å². The van der Waals surface area contributed by atoms with E-state index in [1.807, 2.05) is 6.92 Å². The molecule has 1 atom stereocenters. The Morgan fingerprint density at radius 1 is 1.67 bits per heavy atom. The molecular formula is C9H12N4S2. The zero-order chi connectivity index (χ0) is 10.7. The first-order chi connectivity index (χ1) is 7.28. The Morgan fingerprint density at radius 2 is 2.47 bits per heavy atom. The molecule has 1 unspecified atom stereocenters. The molecule has 0 spiro atoms. The molecule has 0 bridgehead atoms. The number of nitrogens with zero attached hydrogens (tertiary/aromatic N) is 3. The van der Waals surface area contributed by atoms with Crippen LogP contribution in [0.5, 0.6) is 0 Å². The molecule has 0 radical (unpaired) electrons. The predicted molar refractivity (Wildman–Crippen MR) is 60.9 cm³/mol. The molecule has 4 nitrogen and oxygen atoms in total. The molecule has 1 N–H and O–H groups in total. The van der Waals surface area contributed by atoms with Crippen molar-refractivity contribution in [2.24, 2.45) is 0 Å². The van der Waals surface area contributed by atoms with Gasteiger partial charge in [0.05, 0.1) is 6.07 Å². The second-order valence-corrected chi connectivity index (χ2v) is 5.97. The summed E-state index contributed by atoms with van der Waals surface area (Å²) >= 11 is 3.18. The summed E-state index contributed by atoms with van der Waals surface area (Å²) in [6, 6.07) is 2.79. The molecule has 1 aliphatic carbocycles. The topological polar surface area (TPSA) is 61.6 Å². The Morgan fingerprint density at radius 3 is 3.00 bits per heavy atom. The van der Waals surface area contributed by atoms with Gasteiger partial charge in [0.25, 0.3) is 0 Å². The number of aromatic nitrogens is 2. The highest BCUT2D eigenvalue weighted by molar-refractivity contribution is 8.01. The summed E-state index contributed by atoms with van der Waals surface area (Å²) < 4.78 is 0.949. The Kier molecular flexibility index (Phi) is 3.57. The number of aryl methyl sites for hydroxylation is 1. The number of hydrogen-bond acceptors (Lipinski definition) is 6. The Bertz CT molecular complexity index is 366. The predicted octanol–water partition coefficient (Wildman–Crippen LogP) is 1.58. The molecule has 2 rings (SSSR count). The van der Waals surface area contributed by atoms with E-state index in [2.05, 4.69) is 21.6 Å². The van der Waals surface area contributed by atoms with Gasteiger partial charge < -0.3 is 0 Å². The maximum Gasteiger partial charge on any atom is 0.174 e. The van der Waals surface area contributed by atoms with Crippen molar-refractivity contribution < 1.29 is 0 Å². The minimum atomic E-state index is -0.0632. The van der Waals surface area contributed by atoms with Crippen LogP contribution in [0.4, 0.5) is 0 Å². The lowest BCUT2D eigenvalue weighted by Gasteiger charge is -2.07. The molecular weight excluding hydrogens is 228 g/mol. The lowest BCUT2D eigenvalue weighted by molar-refractivity contribution is 0.644. The monoisotopic (exact) mass is 240 g/mol. The Labute approximate surface area is 97.1 Å². The minimum Gasteiger partial charge on any atom is -0.298 e. The molecule has 6 heteroatoms. The summed E-state index contributed by atoms with van der Waals surface area (Å²) in [5.74, 6) is 0.752. The maximum absolute atomic E-state index is 8.93. The van der Waals surface area contributed by atoms with Crippen LogP contribution in [0.2, 0.25) is 0 Å². The summed E-state index contributed by atoms with van der Waals surface area (Å²) in [6.45, 7) is 1.94. The van der Waals surface area contributed by atoms with Crippen molar-refractivity contribution in [1.29, 1.82) is 5.26 Å². The van der Waals surface area contributed by atoms with E-state index >= 15 is 0 Å². The average Bonchev–Trinajstić information content (AvgIpc) is 2.95. The first kappa shape index (κ1) is 10.9. The molecule has 80 valence electrons. The molecule has 0 aromatic carbocycles. The van der Waals surface area contributed by atoms with Crippen molar-refractivity contribution in [1.82, 2.24) is 15.5 Å². The van der Waals surface area contributed by atoms with E-state index in [0.29, 0.717) is 6.04 Å². The molecule has 0 saturated heterocycles. The van der Waals surface area contributed by atoms with E-state index in [4.69, 9.17) is 5.26 Å². The van der Waals surface area contributed by atoms with E-state index < -0.39 is 0 Å². The third-order valence-corrected chi connectivity index (χ3v) is 4.12. The van der Waals surface area contributed by atoms with Gasteiger partial charge in [0.1, 0.15) is 11.0 Å². The van der Waals surface area contributed by atoms with Gasteiger partial charge in [0, 0.05) is 11.8 Å². The van der Waals surface area contributed by atoms with Gasteiger partial charge in [-0.05, 0) is 19.8 Å². The van der Waals surface area contributed by atoms with Crippen molar-refractivity contribution in [3.63, 3.8) is 0 Å². The summed E-state index contributed by atoms with van der Waals surface area (Å²) in [4.78, 5) is 0. The number of hydrogen-bond donors (Lipinski definition) is 1. The van der Waals surface area contributed by atoms with Gasteiger partial charge >= 0.3 is 0 Å². The van der Waals surface area contributed by atoms with Crippen LogP contribution >= 0.6 is 23.1 Å². The van der Waals surface area contributed by atoms with Crippen LogP contribution in [0.25, 0.3) is 0 Å². The van der Waals surface area contributed by atoms with Crippen molar-refractivity contribution in [3.05, 3.63) is 5.01 Å². The highest BCUT2D eigenvalue weighted by atomic mass is 32.2. The smallest absolute Gasteiger partial charge is 0.174 e. The first-order valence-electron chi connectivity index (χ1n) is 4.86. The van der Waals surface area contributed by atoms with Gasteiger partial charge in [-0.25, -0.2) is 0 Å². The van der Waals surface area contributed by atoms with E-state index in [1.165, 1.54) is 12.8 Å². The fraction of sp³-hybridized carbons (Fsp3) is 0.667. The molecule has 1 fully saturated rings. The zero-order valence-corrected chi connectivity index (χ0v) is 10.1. The zero-order valence-electron chi connectivity index (χ0n) is 8.43. The van der Waals surface area contributed by atoms with Gasteiger partial charge in [0.2, 0.25) is 0 Å². The van der Waals surface area contributed by atoms with Crippen LogP contribution in [0, 0.1) is 18.3 Å². The number of rotatable bonds is 5. The van der Waals surface area contributed by atoms with Crippen LogP contribution in [-0.2, 0) is 0 Å². The van der Waals surface area contributed by atoms with Gasteiger partial charge in [-0.1, -0.05) is 23.1 Å². The second kappa shape index (κ2) is 4.92. The van der Waals surface area contributed by atoms with E-state index in [-0.39, 0.29) is 6.04 Å². The quantitative estimate of drug-likeness (QED) is 0.792. The third-order valence-electron chi connectivity index (χ3n) is 2.05. The van der Waals surface area contributed by atoms with E-state index in [9.17, 15) is 0 Å². The number of nitrogens with one attached hydrogen (secondary N) is 1. The summed E-state index contributed by atoms with van der Waals surface area (Å²) in [7, 11) is 0. The second-order valence-electron chi connectivity index (χ2n) is 3.52. The normalized spacial score (nSPS) is 17.3. The number of nitriles is 1. The maximum atomic E-state index is 8.93. The molecule has 15 heavy (non-hydrogen) atoms. The highest BCUT2D eigenvalue weighted by Crippen LogP contribution is 2.24. The van der Waals surface area contributed by atoms with Gasteiger partial charge in [-0.15, -0.1) is 10.2 Å². The Hall–Kier alpha value is -0.640. The van der Waals surface area contributed by atoms with E-state index in [1.54, 1.807) is 23.1 Å². The van der Waals surface area contributed by atoms with Gasteiger partial charge in [0.15, 0.2) is 4.34 Å². The first-order valence-corrected chi connectivity index (χ1v) is 6.66. The molecule has 1 aromatic heterocycles. The van der Waals surface area contributed by atoms with E-state index in [0.717, 1.165) is 15.1 Å². The fourth-order valence-electron chi connectivity index (χ4n) is 1.15. The summed E-state index contributed by atoms with van der Waals surface area (Å²) in [5.41, 5.74) is 0. The van der Waals surface area contributed by atoms with Crippen molar-refractivity contribution >= 4 is 23.1 Å². The lowest BCUT2D eigenvalue weighted by Crippen LogP contribution is -2.31. The third kappa shape index (κ3) is 3.45. The largest absolute Gasteiger partial charge is 0.298 e. The number of thioether (sulfide) groups is 1. The van der Waals surface area contributed by atoms with Gasteiger partial charge in [-0.3, -0.25) is 5.32 Å². The summed E-state index contributed by atoms with van der Waals surface area (Å²) in [6.07, 6.45) is 2.42. The minimum absolute atomic E-state index is 0.0632. The summed E-state index contributed by atoms with van der Waals surface area (Å²) in [5, 5.41) is 21.1. The van der Waals surface area contributed by atoms with Crippen LogP contribution in [0.15, 0.2) is 4.34 Å².